The average Bonchev–Trinajstić information content (AvgIpc) is 3.16. The number of carbonyl (C=O) groups excluding carboxylic acids is 1. The van der Waals surface area contributed by atoms with E-state index >= 15 is 0 Å². The quantitative estimate of drug-likeness (QED) is 0.693. The molecule has 0 radical (unpaired) electrons. The van der Waals surface area contributed by atoms with Gasteiger partial charge in [-0.15, -0.1) is 0 Å². The Morgan fingerprint density at radius 2 is 1.90 bits per heavy atom. The maximum absolute atomic E-state index is 13.2. The molecule has 29 heavy (non-hydrogen) atoms. The van der Waals surface area contributed by atoms with E-state index in [0.717, 1.165) is 17.1 Å². The number of ether oxygens (including phenoxy) is 1. The average molecular weight is 395 g/mol. The van der Waals surface area contributed by atoms with Crippen molar-refractivity contribution in [2.45, 2.75) is 19.3 Å². The molecule has 1 atom stereocenters. The van der Waals surface area contributed by atoms with Gasteiger partial charge in [-0.25, -0.2) is 14.2 Å². The van der Waals surface area contributed by atoms with Crippen LogP contribution in [0.5, 0.6) is 0 Å². The summed E-state index contributed by atoms with van der Waals surface area (Å²) < 4.78 is 21.0. The van der Waals surface area contributed by atoms with E-state index < -0.39 is 11.9 Å². The lowest BCUT2D eigenvalue weighted by molar-refractivity contribution is 0.00374. The van der Waals surface area contributed by atoms with Crippen molar-refractivity contribution in [3.05, 3.63) is 77.5 Å². The molecule has 0 bridgehead atoms. The Balaban J connectivity index is 1.46. The van der Waals surface area contributed by atoms with Crippen LogP contribution in [-0.4, -0.2) is 39.2 Å². The van der Waals surface area contributed by atoms with Gasteiger partial charge in [0.25, 0.3) is 5.91 Å². The minimum atomic E-state index is -1.16. The fraction of sp³-hybridized carbons (Fsp3) is 0.190. The van der Waals surface area contributed by atoms with Gasteiger partial charge in [-0.3, -0.25) is 4.79 Å². The molecule has 1 aromatic heterocycles. The molecule has 0 spiro atoms. The molecule has 0 saturated heterocycles. The van der Waals surface area contributed by atoms with Crippen molar-refractivity contribution in [2.75, 3.05) is 6.54 Å². The Bertz CT molecular complexity index is 1060. The number of aromatic nitrogens is 2. The van der Waals surface area contributed by atoms with E-state index in [2.05, 4.69) is 10.3 Å². The SMILES string of the molecule is O=C(O)c1ccccc1C(=O)NC[C@H]1Cn2c(-c3ccc(F)cc3)cnc2CO1. The van der Waals surface area contributed by atoms with Crippen LogP contribution in [0.3, 0.4) is 0 Å². The summed E-state index contributed by atoms with van der Waals surface area (Å²) in [5.41, 5.74) is 1.73. The monoisotopic (exact) mass is 395 g/mol. The first-order valence-electron chi connectivity index (χ1n) is 9.05. The van der Waals surface area contributed by atoms with Crippen LogP contribution in [0.25, 0.3) is 11.3 Å². The third-order valence-electron chi connectivity index (χ3n) is 4.80. The lowest BCUT2D eigenvalue weighted by Crippen LogP contribution is -2.39. The Morgan fingerprint density at radius 3 is 2.62 bits per heavy atom. The first-order valence-corrected chi connectivity index (χ1v) is 9.05. The number of amides is 1. The van der Waals surface area contributed by atoms with Crippen molar-refractivity contribution in [1.82, 2.24) is 14.9 Å². The van der Waals surface area contributed by atoms with Crippen LogP contribution in [0.4, 0.5) is 4.39 Å². The zero-order valence-electron chi connectivity index (χ0n) is 15.3. The molecule has 4 rings (SSSR count). The number of rotatable bonds is 5. The number of aromatic carboxylic acids is 1. The number of imidazole rings is 1. The van der Waals surface area contributed by atoms with Gasteiger partial charge >= 0.3 is 5.97 Å². The second kappa shape index (κ2) is 7.84. The standard InChI is InChI=1S/C21H18FN3O4/c22-14-7-5-13(6-8-14)18-10-23-19-12-29-15(11-25(18)19)9-24-20(26)16-3-1-2-4-17(16)21(27)28/h1-8,10,15H,9,11-12H2,(H,24,26)(H,27,28)/t15-/m0/s1. The van der Waals surface area contributed by atoms with Gasteiger partial charge in [-0.1, -0.05) is 12.1 Å². The number of hydrogen-bond donors (Lipinski definition) is 2. The first-order chi connectivity index (χ1) is 14.0. The predicted molar refractivity (Wildman–Crippen MR) is 102 cm³/mol. The first kappa shape index (κ1) is 18.8. The normalized spacial score (nSPS) is 15.6. The molecule has 7 nitrogen and oxygen atoms in total. The van der Waals surface area contributed by atoms with Crippen LogP contribution >= 0.6 is 0 Å². The number of fused-ring (bicyclic) bond motifs is 1. The molecule has 0 unspecified atom stereocenters. The molecular weight excluding hydrogens is 377 g/mol. The maximum atomic E-state index is 13.2. The van der Waals surface area contributed by atoms with E-state index in [9.17, 15) is 19.1 Å². The summed E-state index contributed by atoms with van der Waals surface area (Å²) >= 11 is 0. The van der Waals surface area contributed by atoms with Gasteiger partial charge in [0.1, 0.15) is 18.2 Å². The highest BCUT2D eigenvalue weighted by molar-refractivity contribution is 6.04. The molecule has 1 aliphatic heterocycles. The molecule has 3 aromatic rings. The third-order valence-corrected chi connectivity index (χ3v) is 4.80. The number of carboxylic acids is 1. The van der Waals surface area contributed by atoms with Crippen LogP contribution < -0.4 is 5.32 Å². The Morgan fingerprint density at radius 1 is 1.17 bits per heavy atom. The van der Waals surface area contributed by atoms with Crippen LogP contribution in [0, 0.1) is 5.82 Å². The van der Waals surface area contributed by atoms with Crippen molar-refractivity contribution in [3.63, 3.8) is 0 Å². The van der Waals surface area contributed by atoms with E-state index in [-0.39, 0.29) is 36.2 Å². The number of nitrogens with zero attached hydrogens (tertiary/aromatic N) is 2. The summed E-state index contributed by atoms with van der Waals surface area (Å²) in [5.74, 6) is -1.18. The van der Waals surface area contributed by atoms with Gasteiger partial charge < -0.3 is 19.7 Å². The van der Waals surface area contributed by atoms with Crippen molar-refractivity contribution < 1.29 is 23.8 Å². The molecule has 0 saturated carbocycles. The van der Waals surface area contributed by atoms with Gasteiger partial charge in [0.15, 0.2) is 0 Å². The summed E-state index contributed by atoms with van der Waals surface area (Å²) in [6.45, 7) is 0.962. The molecule has 1 aliphatic rings. The summed E-state index contributed by atoms with van der Waals surface area (Å²) in [5, 5.41) is 12.0. The van der Waals surface area contributed by atoms with Gasteiger partial charge in [-0.05, 0) is 42.0 Å². The van der Waals surface area contributed by atoms with Gasteiger partial charge in [0.05, 0.1) is 35.7 Å². The molecule has 2 heterocycles. The lowest BCUT2D eigenvalue weighted by atomic mass is 10.1. The van der Waals surface area contributed by atoms with Crippen LogP contribution in [0.2, 0.25) is 0 Å². The Labute approximate surface area is 165 Å². The van der Waals surface area contributed by atoms with E-state index in [4.69, 9.17) is 4.74 Å². The minimum absolute atomic E-state index is 0.0509. The molecule has 0 aliphatic carbocycles. The summed E-state index contributed by atoms with van der Waals surface area (Å²) in [7, 11) is 0. The highest BCUT2D eigenvalue weighted by Crippen LogP contribution is 2.25. The molecule has 0 fully saturated rings. The summed E-state index contributed by atoms with van der Waals surface area (Å²) in [6.07, 6.45) is 1.41. The van der Waals surface area contributed by atoms with Crippen LogP contribution in [0.1, 0.15) is 26.5 Å². The number of carboxylic acid groups (broad SMARTS) is 1. The molecule has 8 heteroatoms. The van der Waals surface area contributed by atoms with E-state index in [1.807, 2.05) is 4.57 Å². The maximum Gasteiger partial charge on any atom is 0.336 e. The largest absolute Gasteiger partial charge is 0.478 e. The zero-order chi connectivity index (χ0) is 20.4. The van der Waals surface area contributed by atoms with Crippen molar-refractivity contribution in [1.29, 1.82) is 0 Å². The van der Waals surface area contributed by atoms with Crippen LogP contribution in [-0.2, 0) is 17.9 Å². The fourth-order valence-corrected chi connectivity index (χ4v) is 3.33. The zero-order valence-corrected chi connectivity index (χ0v) is 15.3. The molecule has 2 aromatic carbocycles. The van der Waals surface area contributed by atoms with Crippen LogP contribution in [0.15, 0.2) is 54.7 Å². The van der Waals surface area contributed by atoms with Gasteiger partial charge in [0.2, 0.25) is 0 Å². The topological polar surface area (TPSA) is 93.4 Å². The molecule has 148 valence electrons. The van der Waals surface area contributed by atoms with E-state index in [0.29, 0.717) is 6.54 Å². The minimum Gasteiger partial charge on any atom is -0.478 e. The fourth-order valence-electron chi connectivity index (χ4n) is 3.33. The number of benzene rings is 2. The van der Waals surface area contributed by atoms with Crippen molar-refractivity contribution in [2.24, 2.45) is 0 Å². The second-order valence-corrected chi connectivity index (χ2v) is 6.67. The lowest BCUT2D eigenvalue weighted by Gasteiger charge is -2.26. The third kappa shape index (κ3) is 3.88. The Hall–Kier alpha value is -3.52. The summed E-state index contributed by atoms with van der Waals surface area (Å²) in [6, 6.07) is 12.2. The second-order valence-electron chi connectivity index (χ2n) is 6.67. The van der Waals surface area contributed by atoms with E-state index in [1.165, 1.54) is 24.3 Å². The molecular formula is C21H18FN3O4. The number of nitrogens with one attached hydrogen (secondary N) is 1. The Kier molecular flexibility index (Phi) is 5.09. The number of halogens is 1. The predicted octanol–water partition coefficient (Wildman–Crippen LogP) is 2.72. The van der Waals surface area contributed by atoms with E-state index in [1.54, 1.807) is 30.5 Å². The van der Waals surface area contributed by atoms with Crippen molar-refractivity contribution >= 4 is 11.9 Å². The molecule has 2 N–H and O–H groups in total. The number of carbonyl (C=O) groups is 2. The highest BCUT2D eigenvalue weighted by atomic mass is 19.1. The smallest absolute Gasteiger partial charge is 0.336 e. The summed E-state index contributed by atoms with van der Waals surface area (Å²) in [4.78, 5) is 28.1. The highest BCUT2D eigenvalue weighted by Gasteiger charge is 2.24. The van der Waals surface area contributed by atoms with Gasteiger partial charge in [-0.2, -0.15) is 0 Å². The number of hydrogen-bond acceptors (Lipinski definition) is 4. The molecule has 1 amide bonds. The van der Waals surface area contributed by atoms with Gasteiger partial charge in [0, 0.05) is 6.54 Å². The van der Waals surface area contributed by atoms with Crippen molar-refractivity contribution in [3.8, 4) is 11.3 Å².